The number of nitrogens with one attached hydrogen (secondary N) is 1. The molecule has 1 aromatic rings. The van der Waals surface area contributed by atoms with E-state index >= 15 is 0 Å². The number of carbonyl (C=O) groups excluding carboxylic acids is 2. The highest BCUT2D eigenvalue weighted by Gasteiger charge is 2.27. The van der Waals surface area contributed by atoms with Crippen LogP contribution in [0.15, 0.2) is 30.3 Å². The van der Waals surface area contributed by atoms with E-state index in [4.69, 9.17) is 0 Å². The first-order valence-electron chi connectivity index (χ1n) is 4.63. The van der Waals surface area contributed by atoms with Crippen molar-refractivity contribution in [3.8, 4) is 0 Å². The van der Waals surface area contributed by atoms with Crippen LogP contribution >= 0.6 is 0 Å². The van der Waals surface area contributed by atoms with Crippen molar-refractivity contribution in [2.75, 3.05) is 0 Å². The fourth-order valence-corrected chi connectivity index (χ4v) is 1.52. The van der Waals surface area contributed by atoms with Gasteiger partial charge in [0.05, 0.1) is 0 Å². The van der Waals surface area contributed by atoms with Gasteiger partial charge in [0.1, 0.15) is 0 Å². The molecule has 0 aliphatic carbocycles. The monoisotopic (exact) mass is 189 g/mol. The van der Waals surface area contributed by atoms with E-state index in [0.717, 1.165) is 0 Å². The molecule has 3 heteroatoms. The minimum Gasteiger partial charge on any atom is -0.352 e. The summed E-state index contributed by atoms with van der Waals surface area (Å²) in [5, 5.41) is 2.68. The molecule has 0 saturated carbocycles. The molecule has 3 nitrogen and oxygen atoms in total. The van der Waals surface area contributed by atoms with E-state index in [1.807, 2.05) is 18.2 Å². The van der Waals surface area contributed by atoms with Gasteiger partial charge in [-0.15, -0.1) is 0 Å². The summed E-state index contributed by atoms with van der Waals surface area (Å²) >= 11 is 0. The Morgan fingerprint density at radius 3 is 2.57 bits per heavy atom. The normalized spacial score (nSPS) is 19.7. The third-order valence-corrected chi connectivity index (χ3v) is 2.32. The molecule has 0 aromatic heterocycles. The molecular weight excluding hydrogens is 178 g/mol. The lowest BCUT2D eigenvalue weighted by Gasteiger charge is -2.25. The average molecular weight is 189 g/mol. The quantitative estimate of drug-likeness (QED) is 0.572. The summed E-state index contributed by atoms with van der Waals surface area (Å²) in [7, 11) is 0. The fraction of sp³-hybridized carbons (Fsp3) is 0.273. The first-order valence-corrected chi connectivity index (χ1v) is 4.63. The SMILES string of the molecule is O=C1C[C@H](CC(=O)c2ccccc2)N1. The number of benzene rings is 1. The molecule has 1 aliphatic rings. The van der Waals surface area contributed by atoms with Crippen molar-refractivity contribution in [2.45, 2.75) is 18.9 Å². The van der Waals surface area contributed by atoms with Crippen molar-refractivity contribution < 1.29 is 9.59 Å². The number of Topliss-reactive ketones (excluding diaryl/α,β-unsaturated/α-hetero) is 1. The molecule has 1 fully saturated rings. The van der Waals surface area contributed by atoms with Gasteiger partial charge in [-0.2, -0.15) is 0 Å². The molecule has 0 spiro atoms. The maximum absolute atomic E-state index is 11.6. The van der Waals surface area contributed by atoms with Crippen LogP contribution in [0.2, 0.25) is 0 Å². The molecule has 1 amide bonds. The van der Waals surface area contributed by atoms with Crippen LogP contribution in [0, 0.1) is 0 Å². The average Bonchev–Trinajstić information content (AvgIpc) is 2.17. The van der Waals surface area contributed by atoms with Crippen LogP contribution in [-0.4, -0.2) is 17.7 Å². The van der Waals surface area contributed by atoms with Crippen molar-refractivity contribution in [3.05, 3.63) is 35.9 Å². The van der Waals surface area contributed by atoms with Crippen LogP contribution in [0.1, 0.15) is 23.2 Å². The Kier molecular flexibility index (Phi) is 2.31. The zero-order chi connectivity index (χ0) is 9.97. The second-order valence-electron chi connectivity index (χ2n) is 3.46. The van der Waals surface area contributed by atoms with E-state index in [1.54, 1.807) is 12.1 Å². The summed E-state index contributed by atoms with van der Waals surface area (Å²) in [6.45, 7) is 0. The van der Waals surface area contributed by atoms with Gasteiger partial charge in [0.25, 0.3) is 0 Å². The van der Waals surface area contributed by atoms with Gasteiger partial charge in [0, 0.05) is 24.4 Å². The largest absolute Gasteiger partial charge is 0.352 e. The van der Waals surface area contributed by atoms with E-state index < -0.39 is 0 Å². The third-order valence-electron chi connectivity index (χ3n) is 2.32. The zero-order valence-corrected chi connectivity index (χ0v) is 7.69. The van der Waals surface area contributed by atoms with Crippen LogP contribution in [-0.2, 0) is 4.79 Å². The number of hydrogen-bond donors (Lipinski definition) is 1. The van der Waals surface area contributed by atoms with E-state index in [9.17, 15) is 9.59 Å². The van der Waals surface area contributed by atoms with Crippen LogP contribution in [0.5, 0.6) is 0 Å². The third kappa shape index (κ3) is 1.82. The minimum absolute atomic E-state index is 0.0378. The number of β-lactam (4-membered cyclic amide) rings is 1. The minimum atomic E-state index is 0.0378. The van der Waals surface area contributed by atoms with Crippen molar-refractivity contribution in [1.29, 1.82) is 0 Å². The highest BCUT2D eigenvalue weighted by Crippen LogP contribution is 2.12. The summed E-state index contributed by atoms with van der Waals surface area (Å²) in [6, 6.07) is 9.20. The van der Waals surface area contributed by atoms with Crippen molar-refractivity contribution >= 4 is 11.7 Å². The Labute approximate surface area is 82.1 Å². The van der Waals surface area contributed by atoms with Gasteiger partial charge in [-0.3, -0.25) is 9.59 Å². The van der Waals surface area contributed by atoms with Gasteiger partial charge in [0.15, 0.2) is 5.78 Å². The molecular formula is C11H11NO2. The van der Waals surface area contributed by atoms with Gasteiger partial charge < -0.3 is 5.32 Å². The smallest absolute Gasteiger partial charge is 0.222 e. The zero-order valence-electron chi connectivity index (χ0n) is 7.69. The molecule has 2 rings (SSSR count). The van der Waals surface area contributed by atoms with Gasteiger partial charge in [-0.05, 0) is 0 Å². The summed E-state index contributed by atoms with van der Waals surface area (Å²) < 4.78 is 0. The first-order chi connectivity index (χ1) is 6.75. The summed E-state index contributed by atoms with van der Waals surface area (Å²) in [6.07, 6.45) is 0.897. The highest BCUT2D eigenvalue weighted by molar-refractivity contribution is 5.97. The number of carbonyl (C=O) groups is 2. The first kappa shape index (κ1) is 8.94. The molecule has 14 heavy (non-hydrogen) atoms. The van der Waals surface area contributed by atoms with Crippen LogP contribution in [0.4, 0.5) is 0 Å². The topological polar surface area (TPSA) is 46.2 Å². The number of amides is 1. The van der Waals surface area contributed by atoms with Crippen molar-refractivity contribution in [1.82, 2.24) is 5.32 Å². The molecule has 1 heterocycles. The number of hydrogen-bond acceptors (Lipinski definition) is 2. The summed E-state index contributed by atoms with van der Waals surface area (Å²) in [5.41, 5.74) is 0.716. The summed E-state index contributed by atoms with van der Waals surface area (Å²) in [5.74, 6) is 0.131. The van der Waals surface area contributed by atoms with Crippen LogP contribution in [0.25, 0.3) is 0 Å². The van der Waals surface area contributed by atoms with Crippen molar-refractivity contribution in [3.63, 3.8) is 0 Å². The Hall–Kier alpha value is -1.64. The lowest BCUT2D eigenvalue weighted by molar-refractivity contribution is -0.127. The van der Waals surface area contributed by atoms with Gasteiger partial charge in [-0.1, -0.05) is 30.3 Å². The Morgan fingerprint density at radius 2 is 2.00 bits per heavy atom. The lowest BCUT2D eigenvalue weighted by atomic mass is 9.97. The molecule has 0 unspecified atom stereocenters. The predicted octanol–water partition coefficient (Wildman–Crippen LogP) is 1.15. The Balaban J connectivity index is 1.93. The summed E-state index contributed by atoms with van der Waals surface area (Å²) in [4.78, 5) is 22.2. The fourth-order valence-electron chi connectivity index (χ4n) is 1.52. The molecule has 1 aliphatic heterocycles. The lowest BCUT2D eigenvalue weighted by Crippen LogP contribution is -2.49. The highest BCUT2D eigenvalue weighted by atomic mass is 16.2. The standard InChI is InChI=1S/C11H11NO2/c13-10(6-9-7-11(14)12-9)8-4-2-1-3-5-8/h1-5,9H,6-7H2,(H,12,14)/t9-/m0/s1. The van der Waals surface area contributed by atoms with E-state index in [1.165, 1.54) is 0 Å². The van der Waals surface area contributed by atoms with Crippen LogP contribution in [0.3, 0.4) is 0 Å². The second kappa shape index (κ2) is 3.62. The molecule has 1 N–H and O–H groups in total. The maximum atomic E-state index is 11.6. The Bertz CT molecular complexity index is 351. The number of ketones is 1. The van der Waals surface area contributed by atoms with Gasteiger partial charge in [0.2, 0.25) is 5.91 Å². The molecule has 72 valence electrons. The molecule has 1 aromatic carbocycles. The maximum Gasteiger partial charge on any atom is 0.222 e. The second-order valence-corrected chi connectivity index (χ2v) is 3.46. The van der Waals surface area contributed by atoms with Gasteiger partial charge in [-0.25, -0.2) is 0 Å². The Morgan fingerprint density at radius 1 is 1.36 bits per heavy atom. The van der Waals surface area contributed by atoms with E-state index in [0.29, 0.717) is 18.4 Å². The van der Waals surface area contributed by atoms with Crippen LogP contribution < -0.4 is 5.32 Å². The molecule has 0 bridgehead atoms. The molecule has 1 saturated heterocycles. The number of rotatable bonds is 3. The van der Waals surface area contributed by atoms with E-state index in [2.05, 4.69) is 5.32 Å². The van der Waals surface area contributed by atoms with Gasteiger partial charge >= 0.3 is 0 Å². The van der Waals surface area contributed by atoms with E-state index in [-0.39, 0.29) is 17.7 Å². The predicted molar refractivity (Wildman–Crippen MR) is 51.9 cm³/mol. The van der Waals surface area contributed by atoms with Crippen molar-refractivity contribution in [2.24, 2.45) is 0 Å². The molecule has 0 radical (unpaired) electrons. The molecule has 1 atom stereocenters.